The molecule has 0 aliphatic heterocycles. The van der Waals surface area contributed by atoms with Gasteiger partial charge in [0.05, 0.1) is 11.9 Å². The van der Waals surface area contributed by atoms with Crippen molar-refractivity contribution < 1.29 is 19.8 Å². The van der Waals surface area contributed by atoms with E-state index in [0.717, 1.165) is 19.3 Å². The summed E-state index contributed by atoms with van der Waals surface area (Å²) in [6, 6.07) is 0. The monoisotopic (exact) mass is 436 g/mol. The maximum absolute atomic E-state index is 11.1. The fourth-order valence-electron chi connectivity index (χ4n) is 2.67. The predicted molar refractivity (Wildman–Crippen MR) is 85.0 cm³/mol. The summed E-state index contributed by atoms with van der Waals surface area (Å²) in [5.74, 6) is -3.03. The molecule has 5 heteroatoms. The van der Waals surface area contributed by atoms with Gasteiger partial charge in [-0.05, 0) is 12.8 Å². The Labute approximate surface area is 175 Å². The van der Waals surface area contributed by atoms with Crippen LogP contribution in [0.2, 0.25) is 0 Å². The maximum atomic E-state index is 11.1. The molecule has 0 saturated carbocycles. The molecule has 0 spiro atoms. The van der Waals surface area contributed by atoms with Crippen LogP contribution in [-0.4, -0.2) is 60.8 Å². The second-order valence-electron chi connectivity index (χ2n) is 5.94. The third-order valence-electron chi connectivity index (χ3n) is 4.34. The predicted octanol–water partition coefficient (Wildman–Crippen LogP) is 1.81. The molecule has 0 bridgehead atoms. The first kappa shape index (κ1) is 24.8. The Morgan fingerprint density at radius 3 is 1.41 bits per heavy atom. The molecule has 0 radical (unpaired) electrons. The third-order valence-corrected chi connectivity index (χ3v) is 4.34. The maximum Gasteiger partial charge on any atom is 2.00 e. The molecule has 0 N–H and O–H groups in total. The van der Waals surface area contributed by atoms with Gasteiger partial charge in [0, 0.05) is 5.41 Å². The molecule has 0 aromatic carbocycles. The van der Waals surface area contributed by atoms with Gasteiger partial charge in [-0.25, -0.2) is 0 Å². The number of unbranched alkanes of at least 4 members (excludes halogenated alkanes) is 9. The molecule has 0 amide bonds. The molecule has 0 rings (SSSR count). The topological polar surface area (TPSA) is 80.3 Å². The number of hydrogen-bond acceptors (Lipinski definition) is 4. The largest absolute Gasteiger partial charge is 2.00 e. The molecule has 0 fully saturated rings. The first-order chi connectivity index (χ1) is 10.0. The summed E-state index contributed by atoms with van der Waals surface area (Å²) in [5, 5.41) is 22.1. The van der Waals surface area contributed by atoms with Gasteiger partial charge in [-0.15, -0.1) is 0 Å². The van der Waals surface area contributed by atoms with Crippen LogP contribution < -0.4 is 10.2 Å². The summed E-state index contributed by atoms with van der Waals surface area (Å²) in [6.45, 7) is 3.76. The van der Waals surface area contributed by atoms with Crippen LogP contribution in [0.5, 0.6) is 0 Å². The molecule has 0 heterocycles. The van der Waals surface area contributed by atoms with E-state index in [-0.39, 0.29) is 61.7 Å². The van der Waals surface area contributed by atoms with Gasteiger partial charge in [0.1, 0.15) is 0 Å². The Bertz CT molecular complexity index is 291. The number of rotatable bonds is 14. The molecule has 0 atom stereocenters. The van der Waals surface area contributed by atoms with E-state index in [2.05, 4.69) is 6.92 Å². The van der Waals surface area contributed by atoms with Crippen LogP contribution >= 0.6 is 0 Å². The molecule has 124 valence electrons. The van der Waals surface area contributed by atoms with Crippen molar-refractivity contribution in [3.8, 4) is 0 Å². The van der Waals surface area contributed by atoms with Crippen molar-refractivity contribution >= 4 is 60.8 Å². The third kappa shape index (κ3) is 9.61. The summed E-state index contributed by atoms with van der Waals surface area (Å²) in [6.07, 6.45) is 11.4. The molecule has 0 saturated heterocycles. The SMILES string of the molecule is CCCCCCCCCCCCC(CC)(C(=O)[O-])C(=O)[O-].[Ba+2]. The van der Waals surface area contributed by atoms with E-state index in [1.807, 2.05) is 0 Å². The van der Waals surface area contributed by atoms with Crippen molar-refractivity contribution in [3.05, 3.63) is 0 Å². The molecular formula is C17H30BaO4. The standard InChI is InChI=1S/C17H32O4.Ba/c1-3-5-6-7-8-9-10-11-12-13-14-17(4-2,15(18)19)16(20)21;/h3-14H2,1-2H3,(H,18,19)(H,20,21);/q;+2/p-2. The van der Waals surface area contributed by atoms with Gasteiger partial charge >= 0.3 is 48.9 Å². The number of carbonyl (C=O) groups is 2. The van der Waals surface area contributed by atoms with Crippen LogP contribution in [0.25, 0.3) is 0 Å². The first-order valence-corrected chi connectivity index (χ1v) is 8.44. The van der Waals surface area contributed by atoms with Crippen LogP contribution in [0.1, 0.15) is 90.9 Å². The molecule has 0 unspecified atom stereocenters. The number of carboxylic acid groups (broad SMARTS) is 2. The van der Waals surface area contributed by atoms with Gasteiger partial charge in [0.2, 0.25) is 0 Å². The van der Waals surface area contributed by atoms with Crippen LogP contribution in [0.3, 0.4) is 0 Å². The minimum atomic E-state index is -1.81. The van der Waals surface area contributed by atoms with Crippen molar-refractivity contribution in [3.63, 3.8) is 0 Å². The van der Waals surface area contributed by atoms with Crippen molar-refractivity contribution in [2.24, 2.45) is 5.41 Å². The van der Waals surface area contributed by atoms with Crippen molar-refractivity contribution in [2.75, 3.05) is 0 Å². The molecule has 0 aromatic rings. The Hall–Kier alpha value is 0.511. The van der Waals surface area contributed by atoms with E-state index in [9.17, 15) is 19.8 Å². The normalized spacial score (nSPS) is 11.0. The van der Waals surface area contributed by atoms with Gasteiger partial charge < -0.3 is 19.8 Å². The number of carbonyl (C=O) groups excluding carboxylic acids is 2. The van der Waals surface area contributed by atoms with Gasteiger partial charge in [0.25, 0.3) is 0 Å². The van der Waals surface area contributed by atoms with Crippen LogP contribution in [0, 0.1) is 5.41 Å². The van der Waals surface area contributed by atoms with Crippen LogP contribution in [-0.2, 0) is 9.59 Å². The van der Waals surface area contributed by atoms with E-state index in [4.69, 9.17) is 0 Å². The second-order valence-corrected chi connectivity index (χ2v) is 5.94. The summed E-state index contributed by atoms with van der Waals surface area (Å²) in [4.78, 5) is 22.1. The van der Waals surface area contributed by atoms with Crippen molar-refractivity contribution in [1.82, 2.24) is 0 Å². The summed E-state index contributed by atoms with van der Waals surface area (Å²) < 4.78 is 0. The zero-order valence-electron chi connectivity index (χ0n) is 14.3. The molecule has 0 aromatic heterocycles. The fraction of sp³-hybridized carbons (Fsp3) is 0.882. The molecule has 0 aliphatic rings. The van der Waals surface area contributed by atoms with Crippen molar-refractivity contribution in [2.45, 2.75) is 90.9 Å². The molecule has 0 aliphatic carbocycles. The van der Waals surface area contributed by atoms with Gasteiger partial charge in [-0.2, -0.15) is 0 Å². The average Bonchev–Trinajstić information content (AvgIpc) is 2.44. The minimum Gasteiger partial charge on any atom is -0.549 e. The average molecular weight is 436 g/mol. The second kappa shape index (κ2) is 15.1. The Morgan fingerprint density at radius 2 is 1.09 bits per heavy atom. The fourth-order valence-corrected chi connectivity index (χ4v) is 2.67. The summed E-state index contributed by atoms with van der Waals surface area (Å²) in [7, 11) is 0. The number of carboxylic acids is 2. The van der Waals surface area contributed by atoms with Crippen molar-refractivity contribution in [1.29, 1.82) is 0 Å². The Morgan fingerprint density at radius 1 is 0.727 bits per heavy atom. The first-order valence-electron chi connectivity index (χ1n) is 8.44. The number of hydrogen-bond donors (Lipinski definition) is 0. The van der Waals surface area contributed by atoms with Gasteiger partial charge in [-0.3, -0.25) is 0 Å². The van der Waals surface area contributed by atoms with Gasteiger partial charge in [0.15, 0.2) is 0 Å². The molecule has 4 nitrogen and oxygen atoms in total. The van der Waals surface area contributed by atoms with Gasteiger partial charge in [-0.1, -0.05) is 78.1 Å². The Kier molecular flexibility index (Phi) is 17.0. The zero-order chi connectivity index (χ0) is 16.1. The molecule has 22 heavy (non-hydrogen) atoms. The van der Waals surface area contributed by atoms with E-state index < -0.39 is 17.4 Å². The Balaban J connectivity index is 0. The van der Waals surface area contributed by atoms with E-state index in [0.29, 0.717) is 6.42 Å². The van der Waals surface area contributed by atoms with E-state index in [1.165, 1.54) is 38.5 Å². The minimum absolute atomic E-state index is 0. The smallest absolute Gasteiger partial charge is 0.549 e. The zero-order valence-corrected chi connectivity index (χ0v) is 18.8. The quantitative estimate of drug-likeness (QED) is 0.237. The summed E-state index contributed by atoms with van der Waals surface area (Å²) in [5.41, 5.74) is -1.81. The molecular weight excluding hydrogens is 406 g/mol. The van der Waals surface area contributed by atoms with Crippen LogP contribution in [0.4, 0.5) is 0 Å². The van der Waals surface area contributed by atoms with E-state index >= 15 is 0 Å². The van der Waals surface area contributed by atoms with E-state index in [1.54, 1.807) is 6.92 Å². The van der Waals surface area contributed by atoms with Crippen LogP contribution in [0.15, 0.2) is 0 Å². The summed E-state index contributed by atoms with van der Waals surface area (Å²) >= 11 is 0. The number of aliphatic carboxylic acids is 2.